The zero-order valence-electron chi connectivity index (χ0n) is 7.53. The van der Waals surface area contributed by atoms with Crippen LogP contribution in [0.5, 0.6) is 0 Å². The molecule has 0 fully saturated rings. The van der Waals surface area contributed by atoms with E-state index in [1.165, 1.54) is 12.4 Å². The molecule has 2 rings (SSSR count). The van der Waals surface area contributed by atoms with Crippen LogP contribution in [0.25, 0.3) is 0 Å². The van der Waals surface area contributed by atoms with Gasteiger partial charge in [-0.2, -0.15) is 14.3 Å². The number of nitrogens with one attached hydrogen (secondary N) is 1. The predicted octanol–water partition coefficient (Wildman–Crippen LogP) is 0.100. The first-order valence-electron chi connectivity index (χ1n) is 3.74. The topological polar surface area (TPSA) is 80.6 Å². The van der Waals surface area contributed by atoms with Gasteiger partial charge in [0.05, 0.1) is 12.5 Å². The van der Waals surface area contributed by atoms with Gasteiger partial charge in [-0.15, -0.1) is 0 Å². The number of rotatable bonds is 1. The van der Waals surface area contributed by atoms with Crippen molar-refractivity contribution in [2.45, 2.75) is 0 Å². The van der Waals surface area contributed by atoms with Crippen molar-refractivity contribution in [3.8, 4) is 0 Å². The second-order valence-corrected chi connectivity index (χ2v) is 4.25. The molecule has 0 amide bonds. The van der Waals surface area contributed by atoms with Crippen molar-refractivity contribution in [3.05, 3.63) is 36.9 Å². The van der Waals surface area contributed by atoms with E-state index in [0.29, 0.717) is 0 Å². The van der Waals surface area contributed by atoms with Crippen molar-refractivity contribution in [1.82, 2.24) is 19.4 Å². The lowest BCUT2D eigenvalue weighted by Gasteiger charge is -1.92. The molecule has 0 aliphatic heterocycles. The molecule has 0 aromatic carbocycles. The molecule has 0 saturated carbocycles. The third-order valence-corrected chi connectivity index (χ3v) is 2.12. The van der Waals surface area contributed by atoms with Crippen LogP contribution in [-0.2, 0) is 10.0 Å². The molecule has 2 aromatic heterocycles. The zero-order valence-corrected chi connectivity index (χ0v) is 8.35. The van der Waals surface area contributed by atoms with E-state index in [0.717, 1.165) is 10.3 Å². The van der Waals surface area contributed by atoms with E-state index >= 15 is 0 Å². The second kappa shape index (κ2) is 4.56. The summed E-state index contributed by atoms with van der Waals surface area (Å²) in [6, 6.07) is 3.39. The van der Waals surface area contributed by atoms with E-state index in [4.69, 9.17) is 0 Å². The van der Waals surface area contributed by atoms with Gasteiger partial charge in [0.2, 0.25) is 0 Å². The van der Waals surface area contributed by atoms with Gasteiger partial charge in [-0.1, -0.05) is 0 Å². The Labute approximate surface area is 81.6 Å². The summed E-state index contributed by atoms with van der Waals surface area (Å²) in [6.07, 6.45) is 7.36. The summed E-state index contributed by atoms with van der Waals surface area (Å²) >= 11 is 0. The van der Waals surface area contributed by atoms with Crippen molar-refractivity contribution in [2.24, 2.45) is 0 Å². The largest absolute Gasteiger partial charge is 0.286 e. The van der Waals surface area contributed by atoms with Gasteiger partial charge in [0, 0.05) is 18.6 Å². The summed E-state index contributed by atoms with van der Waals surface area (Å²) < 4.78 is 22.1. The molecule has 0 atom stereocenters. The molecule has 1 N–H and O–H groups in total. The Morgan fingerprint density at radius 2 is 2.07 bits per heavy atom. The fraction of sp³-hybridized carbons (Fsp3) is 0.143. The van der Waals surface area contributed by atoms with Crippen molar-refractivity contribution >= 4 is 10.0 Å². The summed E-state index contributed by atoms with van der Waals surface area (Å²) in [6.45, 7) is 0. The minimum Gasteiger partial charge on any atom is -0.286 e. The van der Waals surface area contributed by atoms with Crippen LogP contribution in [0, 0.1) is 0 Å². The van der Waals surface area contributed by atoms with Crippen LogP contribution < -0.4 is 0 Å². The maximum Gasteiger partial charge on any atom is 0.250 e. The normalized spacial score (nSPS) is 10.4. The maximum absolute atomic E-state index is 10.6. The van der Waals surface area contributed by atoms with Crippen LogP contribution >= 0.6 is 0 Å². The summed E-state index contributed by atoms with van der Waals surface area (Å²) in [7, 11) is -3.15. The molecule has 0 radical (unpaired) electrons. The molecule has 0 spiro atoms. The van der Waals surface area contributed by atoms with E-state index in [1.807, 2.05) is 6.07 Å². The quantitative estimate of drug-likeness (QED) is 0.730. The smallest absolute Gasteiger partial charge is 0.250 e. The van der Waals surface area contributed by atoms with Gasteiger partial charge in [0.25, 0.3) is 10.0 Å². The first-order valence-corrected chi connectivity index (χ1v) is 5.59. The minimum absolute atomic E-state index is 0.910. The van der Waals surface area contributed by atoms with E-state index in [-0.39, 0.29) is 0 Å². The summed E-state index contributed by atoms with van der Waals surface area (Å²) in [4.78, 5) is 0. The van der Waals surface area contributed by atoms with Gasteiger partial charge < -0.3 is 0 Å². The lowest BCUT2D eigenvalue weighted by molar-refractivity contribution is 0.586. The van der Waals surface area contributed by atoms with Crippen molar-refractivity contribution in [2.75, 3.05) is 6.26 Å². The number of hydrogen-bond donors (Lipinski definition) is 1. The highest BCUT2D eigenvalue weighted by molar-refractivity contribution is 7.89. The first kappa shape index (κ1) is 10.5. The van der Waals surface area contributed by atoms with Gasteiger partial charge in [0.15, 0.2) is 0 Å². The number of aromatic amines is 1. The Hall–Kier alpha value is -1.63. The Balaban J connectivity index is 0.000000165. The molecule has 14 heavy (non-hydrogen) atoms. The Morgan fingerprint density at radius 1 is 1.29 bits per heavy atom. The van der Waals surface area contributed by atoms with Crippen LogP contribution in [0.15, 0.2) is 36.9 Å². The van der Waals surface area contributed by atoms with Crippen LogP contribution in [-0.4, -0.2) is 34.1 Å². The molecule has 2 heterocycles. The number of nitrogens with zero attached hydrogens (tertiary/aromatic N) is 3. The van der Waals surface area contributed by atoms with Crippen molar-refractivity contribution in [3.63, 3.8) is 0 Å². The molecule has 76 valence electrons. The fourth-order valence-corrected chi connectivity index (χ4v) is 1.18. The van der Waals surface area contributed by atoms with Gasteiger partial charge in [0.1, 0.15) is 0 Å². The third kappa shape index (κ3) is 3.40. The highest BCUT2D eigenvalue weighted by Crippen LogP contribution is 1.88. The molecular formula is C7H10N4O2S. The van der Waals surface area contributed by atoms with Gasteiger partial charge >= 0.3 is 0 Å². The first-order chi connectivity index (χ1) is 6.61. The van der Waals surface area contributed by atoms with Gasteiger partial charge in [-0.05, 0) is 12.1 Å². The maximum atomic E-state index is 10.6. The third-order valence-electron chi connectivity index (χ3n) is 1.23. The Kier molecular flexibility index (Phi) is 3.41. The molecule has 0 aliphatic rings. The summed E-state index contributed by atoms with van der Waals surface area (Å²) in [5.74, 6) is 0. The van der Waals surface area contributed by atoms with Gasteiger partial charge in [-0.25, -0.2) is 8.42 Å². The fourth-order valence-electron chi connectivity index (χ4n) is 0.666. The average molecular weight is 214 g/mol. The Bertz CT molecular complexity index is 415. The predicted molar refractivity (Wildman–Crippen MR) is 51.1 cm³/mol. The van der Waals surface area contributed by atoms with Crippen molar-refractivity contribution < 1.29 is 8.42 Å². The van der Waals surface area contributed by atoms with E-state index in [2.05, 4.69) is 15.3 Å². The molecule has 0 bridgehead atoms. The van der Waals surface area contributed by atoms with E-state index < -0.39 is 10.0 Å². The molecule has 0 saturated heterocycles. The molecular weight excluding hydrogens is 204 g/mol. The number of H-pyrrole nitrogens is 1. The van der Waals surface area contributed by atoms with Crippen LogP contribution in [0.4, 0.5) is 0 Å². The van der Waals surface area contributed by atoms with Gasteiger partial charge in [-0.3, -0.25) is 5.10 Å². The minimum atomic E-state index is -3.15. The van der Waals surface area contributed by atoms with Crippen LogP contribution in [0.2, 0.25) is 0 Å². The summed E-state index contributed by atoms with van der Waals surface area (Å²) in [5, 5.41) is 9.72. The second-order valence-electron chi connectivity index (χ2n) is 2.41. The number of aromatic nitrogens is 4. The molecule has 0 unspecified atom stereocenters. The SMILES string of the molecule is CS(=O)(=O)n1cccn1.c1cn[nH]c1. The molecule has 6 nitrogen and oxygen atoms in total. The van der Waals surface area contributed by atoms with Crippen LogP contribution in [0.1, 0.15) is 0 Å². The standard InChI is InChI=1S/C4H6N2O2S.C3H4N2/c1-9(7,8)6-4-2-3-5-6;1-2-4-5-3-1/h2-4H,1H3;1-3H,(H,4,5). The average Bonchev–Trinajstić information content (AvgIpc) is 2.80. The van der Waals surface area contributed by atoms with Crippen molar-refractivity contribution in [1.29, 1.82) is 0 Å². The number of hydrogen-bond acceptors (Lipinski definition) is 4. The molecule has 0 aliphatic carbocycles. The highest BCUT2D eigenvalue weighted by Gasteiger charge is 2.01. The lowest BCUT2D eigenvalue weighted by Crippen LogP contribution is -2.09. The Morgan fingerprint density at radius 3 is 2.29 bits per heavy atom. The van der Waals surface area contributed by atoms with E-state index in [1.54, 1.807) is 18.5 Å². The highest BCUT2D eigenvalue weighted by atomic mass is 32.2. The molecule has 7 heteroatoms. The lowest BCUT2D eigenvalue weighted by atomic mass is 10.8. The van der Waals surface area contributed by atoms with Crippen LogP contribution in [0.3, 0.4) is 0 Å². The zero-order chi connectivity index (χ0) is 10.4. The molecule has 2 aromatic rings. The summed E-state index contributed by atoms with van der Waals surface area (Å²) in [5.41, 5.74) is 0. The van der Waals surface area contributed by atoms with E-state index in [9.17, 15) is 8.42 Å². The monoisotopic (exact) mass is 214 g/mol.